The molecule has 124 valence electrons. The lowest BCUT2D eigenvalue weighted by Crippen LogP contribution is -2.66. The minimum Gasteiger partial charge on any atom is -0.329 e. The fourth-order valence-electron chi connectivity index (χ4n) is 4.21. The average molecular weight is 335 g/mol. The van der Waals surface area contributed by atoms with Crippen LogP contribution >= 0.6 is 11.8 Å². The molecule has 3 atom stereocenters. The highest BCUT2D eigenvalue weighted by Gasteiger charge is 2.50. The third-order valence-corrected chi connectivity index (χ3v) is 8.16. The first-order valence-corrected chi connectivity index (χ1v) is 11.0. The van der Waals surface area contributed by atoms with Crippen molar-refractivity contribution in [3.05, 3.63) is 0 Å². The summed E-state index contributed by atoms with van der Waals surface area (Å²) in [6, 6.07) is 0. The van der Waals surface area contributed by atoms with Crippen molar-refractivity contribution in [2.45, 2.75) is 50.9 Å². The predicted octanol–water partition coefficient (Wildman–Crippen LogP) is 1.95. The molecule has 0 aromatic carbocycles. The molecule has 1 aliphatic heterocycles. The molecule has 2 rings (SSSR count). The summed E-state index contributed by atoms with van der Waals surface area (Å²) in [5.41, 5.74) is 6.40. The van der Waals surface area contributed by atoms with Crippen molar-refractivity contribution < 1.29 is 8.42 Å². The molecule has 0 radical (unpaired) electrons. The molecule has 0 bridgehead atoms. The number of hydrogen-bond acceptors (Lipinski definition) is 5. The van der Waals surface area contributed by atoms with Crippen molar-refractivity contribution in [3.8, 4) is 0 Å². The number of rotatable bonds is 3. The van der Waals surface area contributed by atoms with E-state index in [2.05, 4.69) is 25.7 Å². The van der Waals surface area contributed by atoms with Gasteiger partial charge in [0.15, 0.2) is 9.84 Å². The molecule has 3 unspecified atom stereocenters. The highest BCUT2D eigenvalue weighted by Crippen LogP contribution is 2.47. The van der Waals surface area contributed by atoms with Gasteiger partial charge in [0.1, 0.15) is 5.37 Å². The van der Waals surface area contributed by atoms with E-state index in [1.54, 1.807) is 11.8 Å². The molecular formula is C15H30N2O2S2. The molecule has 0 aromatic heterocycles. The molecule has 4 nitrogen and oxygen atoms in total. The van der Waals surface area contributed by atoms with Gasteiger partial charge < -0.3 is 5.73 Å². The van der Waals surface area contributed by atoms with Gasteiger partial charge in [0.05, 0.1) is 0 Å². The van der Waals surface area contributed by atoms with E-state index in [1.165, 1.54) is 6.26 Å². The van der Waals surface area contributed by atoms with Crippen LogP contribution < -0.4 is 5.73 Å². The molecule has 2 N–H and O–H groups in total. The Balaban J connectivity index is 2.34. The van der Waals surface area contributed by atoms with Gasteiger partial charge in [0, 0.05) is 36.4 Å². The Bertz CT molecular complexity index is 478. The van der Waals surface area contributed by atoms with Crippen LogP contribution in [0.15, 0.2) is 0 Å². The van der Waals surface area contributed by atoms with Gasteiger partial charge in [-0.25, -0.2) is 8.42 Å². The molecular weight excluding hydrogens is 304 g/mol. The van der Waals surface area contributed by atoms with E-state index >= 15 is 0 Å². The summed E-state index contributed by atoms with van der Waals surface area (Å²) in [5.74, 6) is 2.11. The number of sulfone groups is 1. The fourth-order valence-corrected chi connectivity index (χ4v) is 7.14. The normalized spacial score (nSPS) is 38.3. The molecule has 1 heterocycles. The van der Waals surface area contributed by atoms with E-state index in [-0.39, 0.29) is 10.9 Å². The van der Waals surface area contributed by atoms with Crippen molar-refractivity contribution in [1.29, 1.82) is 0 Å². The lowest BCUT2D eigenvalue weighted by Gasteiger charge is -2.56. The van der Waals surface area contributed by atoms with Crippen molar-refractivity contribution in [3.63, 3.8) is 0 Å². The fraction of sp³-hybridized carbons (Fsp3) is 1.00. The topological polar surface area (TPSA) is 63.4 Å². The Morgan fingerprint density at radius 3 is 2.52 bits per heavy atom. The first-order chi connectivity index (χ1) is 9.62. The monoisotopic (exact) mass is 334 g/mol. The summed E-state index contributed by atoms with van der Waals surface area (Å²) in [6.45, 7) is 8.27. The number of nitrogens with two attached hydrogens (primary N) is 1. The van der Waals surface area contributed by atoms with Crippen LogP contribution in [0, 0.1) is 11.3 Å². The lowest BCUT2D eigenvalue weighted by molar-refractivity contribution is -0.0249. The Hall–Kier alpha value is 0.220. The number of thioether (sulfide) groups is 1. The van der Waals surface area contributed by atoms with Gasteiger partial charge in [-0.1, -0.05) is 20.8 Å². The summed E-state index contributed by atoms with van der Waals surface area (Å²) in [7, 11) is -3.08. The van der Waals surface area contributed by atoms with Gasteiger partial charge in [0.25, 0.3) is 0 Å². The van der Waals surface area contributed by atoms with E-state index in [9.17, 15) is 8.42 Å². The number of nitrogens with zero attached hydrogens (tertiary/aromatic N) is 1. The largest absolute Gasteiger partial charge is 0.329 e. The highest BCUT2D eigenvalue weighted by atomic mass is 32.2. The summed E-state index contributed by atoms with van der Waals surface area (Å²) in [5, 5.41) is -0.372. The van der Waals surface area contributed by atoms with Gasteiger partial charge in [-0.2, -0.15) is 11.8 Å². The third kappa shape index (κ3) is 3.43. The minimum absolute atomic E-state index is 0.149. The van der Waals surface area contributed by atoms with Crippen LogP contribution in [0.3, 0.4) is 0 Å². The van der Waals surface area contributed by atoms with E-state index in [0.29, 0.717) is 23.6 Å². The quantitative estimate of drug-likeness (QED) is 0.855. The molecule has 21 heavy (non-hydrogen) atoms. The van der Waals surface area contributed by atoms with Crippen LogP contribution in [-0.2, 0) is 9.84 Å². The maximum Gasteiger partial charge on any atom is 0.164 e. The second kappa shape index (κ2) is 6.02. The van der Waals surface area contributed by atoms with Crippen LogP contribution in [0.4, 0.5) is 0 Å². The average Bonchev–Trinajstić information content (AvgIpc) is 2.38. The summed E-state index contributed by atoms with van der Waals surface area (Å²) in [6.07, 6.45) is 4.62. The minimum atomic E-state index is -3.08. The lowest BCUT2D eigenvalue weighted by atomic mass is 9.63. The van der Waals surface area contributed by atoms with E-state index in [1.807, 2.05) is 0 Å². The Morgan fingerprint density at radius 2 is 2.00 bits per heavy atom. The van der Waals surface area contributed by atoms with Crippen molar-refractivity contribution >= 4 is 21.6 Å². The van der Waals surface area contributed by atoms with Gasteiger partial charge in [-0.3, -0.25) is 4.90 Å². The third-order valence-electron chi connectivity index (χ3n) is 5.52. The molecule has 0 spiro atoms. The molecule has 0 amide bonds. The standard InChI is InChI=1S/C15H30N2O2S2/c1-12-9-14(2,3)5-6-15(12,11-16)17-7-8-20-10-13(17)21(4,18)19/h12-13H,5-11,16H2,1-4H3. The Morgan fingerprint density at radius 1 is 1.33 bits per heavy atom. The van der Waals surface area contributed by atoms with Crippen LogP contribution in [0.1, 0.15) is 40.0 Å². The SMILES string of the molecule is CC1CC(C)(C)CCC1(CN)N1CCSCC1S(C)(=O)=O. The van der Waals surface area contributed by atoms with E-state index < -0.39 is 9.84 Å². The molecule has 0 aromatic rings. The second-order valence-corrected chi connectivity index (χ2v) is 11.0. The first kappa shape index (κ1) is 17.6. The predicted molar refractivity (Wildman–Crippen MR) is 91.2 cm³/mol. The smallest absolute Gasteiger partial charge is 0.164 e. The van der Waals surface area contributed by atoms with E-state index in [4.69, 9.17) is 5.73 Å². The zero-order valence-corrected chi connectivity index (χ0v) is 15.4. The van der Waals surface area contributed by atoms with Crippen molar-refractivity contribution in [1.82, 2.24) is 4.90 Å². The second-order valence-electron chi connectivity index (χ2n) is 7.63. The van der Waals surface area contributed by atoms with Crippen LogP contribution in [0.25, 0.3) is 0 Å². The zero-order valence-electron chi connectivity index (χ0n) is 13.8. The van der Waals surface area contributed by atoms with Crippen LogP contribution in [0.2, 0.25) is 0 Å². The molecule has 1 aliphatic carbocycles. The van der Waals surface area contributed by atoms with Crippen LogP contribution in [-0.4, -0.2) is 55.1 Å². The van der Waals surface area contributed by atoms with Gasteiger partial charge in [-0.05, 0) is 30.6 Å². The number of hydrogen-bond donors (Lipinski definition) is 1. The molecule has 2 fully saturated rings. The molecule has 1 saturated carbocycles. The van der Waals surface area contributed by atoms with Gasteiger partial charge >= 0.3 is 0 Å². The van der Waals surface area contributed by atoms with Gasteiger partial charge in [-0.15, -0.1) is 0 Å². The Kier molecular flexibility index (Phi) is 5.04. The molecule has 2 aliphatic rings. The molecule has 1 saturated heterocycles. The summed E-state index contributed by atoms with van der Waals surface area (Å²) >= 11 is 1.75. The van der Waals surface area contributed by atoms with Gasteiger partial charge in [0.2, 0.25) is 0 Å². The maximum atomic E-state index is 12.2. The molecule has 6 heteroatoms. The first-order valence-electron chi connectivity index (χ1n) is 7.86. The maximum absolute atomic E-state index is 12.2. The summed E-state index contributed by atoms with van der Waals surface area (Å²) in [4.78, 5) is 2.25. The Labute approximate surface area is 134 Å². The van der Waals surface area contributed by atoms with E-state index in [0.717, 1.165) is 31.6 Å². The van der Waals surface area contributed by atoms with Crippen molar-refractivity contribution in [2.75, 3.05) is 30.9 Å². The van der Waals surface area contributed by atoms with Crippen LogP contribution in [0.5, 0.6) is 0 Å². The summed E-state index contributed by atoms with van der Waals surface area (Å²) < 4.78 is 24.5. The zero-order chi connectivity index (χ0) is 15.9. The highest BCUT2D eigenvalue weighted by molar-refractivity contribution is 8.00. The van der Waals surface area contributed by atoms with Crippen molar-refractivity contribution in [2.24, 2.45) is 17.1 Å².